The normalized spacial score (nSPS) is 20.5. The summed E-state index contributed by atoms with van der Waals surface area (Å²) in [5.41, 5.74) is 2.55. The molecule has 5 nitrogen and oxygen atoms in total. The van der Waals surface area contributed by atoms with Gasteiger partial charge in [-0.2, -0.15) is 5.10 Å². The smallest absolute Gasteiger partial charge is 0.157 e. The fraction of sp³-hybridized carbons (Fsp3) is 0.333. The fourth-order valence-electron chi connectivity index (χ4n) is 3.71. The number of hydrogen-bond acceptors (Lipinski definition) is 4. The van der Waals surface area contributed by atoms with Gasteiger partial charge in [-0.15, -0.1) is 0 Å². The van der Waals surface area contributed by atoms with Crippen LogP contribution in [0.5, 0.6) is 0 Å². The molecule has 3 aromatic rings. The summed E-state index contributed by atoms with van der Waals surface area (Å²) in [7, 11) is 0. The molecule has 0 aliphatic carbocycles. The van der Waals surface area contributed by atoms with E-state index in [1.165, 1.54) is 11.1 Å². The zero-order valence-corrected chi connectivity index (χ0v) is 15.1. The standard InChI is InChI=1S/C21H25N5/c1-17-14-25(15-18-7-3-2-4-8-18)16-20(17)23-13-19-9-5-10-22-21(19)26-12-6-11-24-26/h2-12,17,20,23H,13-16H2,1H3. The molecule has 1 aromatic carbocycles. The van der Waals surface area contributed by atoms with Crippen molar-refractivity contribution in [3.8, 4) is 5.82 Å². The number of nitrogens with one attached hydrogen (secondary N) is 1. The lowest BCUT2D eigenvalue weighted by atomic mass is 10.1. The summed E-state index contributed by atoms with van der Waals surface area (Å²) < 4.78 is 1.83. The molecular weight excluding hydrogens is 322 g/mol. The largest absolute Gasteiger partial charge is 0.308 e. The first-order valence-electron chi connectivity index (χ1n) is 9.23. The van der Waals surface area contributed by atoms with Crippen LogP contribution in [0.3, 0.4) is 0 Å². The third kappa shape index (κ3) is 3.84. The summed E-state index contributed by atoms with van der Waals surface area (Å²) in [6, 6.07) is 17.2. The van der Waals surface area contributed by atoms with E-state index >= 15 is 0 Å². The van der Waals surface area contributed by atoms with Gasteiger partial charge in [0, 0.05) is 56.4 Å². The van der Waals surface area contributed by atoms with E-state index in [-0.39, 0.29) is 0 Å². The van der Waals surface area contributed by atoms with E-state index < -0.39 is 0 Å². The molecule has 26 heavy (non-hydrogen) atoms. The van der Waals surface area contributed by atoms with Crippen molar-refractivity contribution < 1.29 is 0 Å². The molecule has 0 spiro atoms. The summed E-state index contributed by atoms with van der Waals surface area (Å²) in [5.74, 6) is 1.53. The molecule has 0 amide bonds. The molecule has 2 aromatic heterocycles. The summed E-state index contributed by atoms with van der Waals surface area (Å²) in [6.45, 7) is 6.37. The molecule has 1 saturated heterocycles. The van der Waals surface area contributed by atoms with E-state index in [1.54, 1.807) is 6.20 Å². The summed E-state index contributed by atoms with van der Waals surface area (Å²) in [6.07, 6.45) is 5.54. The molecule has 1 aliphatic heterocycles. The minimum absolute atomic E-state index is 0.490. The van der Waals surface area contributed by atoms with Gasteiger partial charge in [0.2, 0.25) is 0 Å². The van der Waals surface area contributed by atoms with Gasteiger partial charge in [0.15, 0.2) is 5.82 Å². The Bertz CT molecular complexity index is 815. The number of rotatable bonds is 6. The van der Waals surface area contributed by atoms with Crippen molar-refractivity contribution in [1.82, 2.24) is 25.0 Å². The van der Waals surface area contributed by atoms with Crippen LogP contribution in [0.1, 0.15) is 18.1 Å². The van der Waals surface area contributed by atoms with Gasteiger partial charge in [0.05, 0.1) is 0 Å². The number of benzene rings is 1. The molecule has 134 valence electrons. The van der Waals surface area contributed by atoms with Crippen LogP contribution in [0, 0.1) is 5.92 Å². The quantitative estimate of drug-likeness (QED) is 0.745. The SMILES string of the molecule is CC1CN(Cc2ccccc2)CC1NCc1cccnc1-n1cccn1. The highest BCUT2D eigenvalue weighted by molar-refractivity contribution is 5.32. The highest BCUT2D eigenvalue weighted by atomic mass is 15.3. The number of likely N-dealkylation sites (tertiary alicyclic amines) is 1. The average molecular weight is 347 g/mol. The van der Waals surface area contributed by atoms with Gasteiger partial charge in [-0.25, -0.2) is 9.67 Å². The first-order valence-corrected chi connectivity index (χ1v) is 9.23. The maximum atomic E-state index is 4.51. The molecule has 0 radical (unpaired) electrons. The lowest BCUT2D eigenvalue weighted by molar-refractivity contribution is 0.316. The van der Waals surface area contributed by atoms with Crippen LogP contribution in [0.25, 0.3) is 5.82 Å². The lowest BCUT2D eigenvalue weighted by Crippen LogP contribution is -2.35. The van der Waals surface area contributed by atoms with Crippen molar-refractivity contribution in [3.63, 3.8) is 0 Å². The van der Waals surface area contributed by atoms with E-state index in [4.69, 9.17) is 0 Å². The number of hydrogen-bond donors (Lipinski definition) is 1. The van der Waals surface area contributed by atoms with Gasteiger partial charge in [-0.05, 0) is 23.6 Å². The Balaban J connectivity index is 1.38. The van der Waals surface area contributed by atoms with Crippen LogP contribution in [-0.2, 0) is 13.1 Å². The predicted molar refractivity (Wildman–Crippen MR) is 103 cm³/mol. The first-order chi connectivity index (χ1) is 12.8. The maximum absolute atomic E-state index is 4.51. The monoisotopic (exact) mass is 347 g/mol. The lowest BCUT2D eigenvalue weighted by Gasteiger charge is -2.18. The fourth-order valence-corrected chi connectivity index (χ4v) is 3.71. The zero-order valence-electron chi connectivity index (χ0n) is 15.1. The van der Waals surface area contributed by atoms with Gasteiger partial charge in [-0.3, -0.25) is 4.90 Å². The Morgan fingerprint density at radius 3 is 2.73 bits per heavy atom. The molecule has 0 saturated carbocycles. The molecular formula is C21H25N5. The van der Waals surface area contributed by atoms with Crippen molar-refractivity contribution in [1.29, 1.82) is 0 Å². The second-order valence-electron chi connectivity index (χ2n) is 7.08. The minimum atomic E-state index is 0.490. The molecule has 1 aliphatic rings. The van der Waals surface area contributed by atoms with Gasteiger partial charge < -0.3 is 5.32 Å². The highest BCUT2D eigenvalue weighted by Crippen LogP contribution is 2.20. The van der Waals surface area contributed by atoms with Crippen molar-refractivity contribution in [3.05, 3.63) is 78.2 Å². The number of aromatic nitrogens is 3. The van der Waals surface area contributed by atoms with E-state index in [0.717, 1.165) is 32.0 Å². The van der Waals surface area contributed by atoms with Crippen LogP contribution >= 0.6 is 0 Å². The van der Waals surface area contributed by atoms with Crippen molar-refractivity contribution in [2.45, 2.75) is 26.1 Å². The molecule has 0 bridgehead atoms. The second-order valence-corrected chi connectivity index (χ2v) is 7.08. The van der Waals surface area contributed by atoms with Crippen LogP contribution in [0.4, 0.5) is 0 Å². The van der Waals surface area contributed by atoms with E-state index in [2.05, 4.69) is 63.6 Å². The van der Waals surface area contributed by atoms with Crippen molar-refractivity contribution >= 4 is 0 Å². The van der Waals surface area contributed by atoms with Gasteiger partial charge in [0.25, 0.3) is 0 Å². The topological polar surface area (TPSA) is 46.0 Å². The Hall–Kier alpha value is -2.50. The molecule has 2 atom stereocenters. The molecule has 3 heterocycles. The Morgan fingerprint density at radius 1 is 1.04 bits per heavy atom. The van der Waals surface area contributed by atoms with Crippen LogP contribution < -0.4 is 5.32 Å². The zero-order chi connectivity index (χ0) is 17.8. The predicted octanol–water partition coefficient (Wildman–Crippen LogP) is 2.88. The van der Waals surface area contributed by atoms with Gasteiger partial charge in [-0.1, -0.05) is 43.3 Å². The number of nitrogens with zero attached hydrogens (tertiary/aromatic N) is 4. The van der Waals surface area contributed by atoms with Crippen molar-refractivity contribution in [2.24, 2.45) is 5.92 Å². The molecule has 1 fully saturated rings. The van der Waals surface area contributed by atoms with Crippen LogP contribution in [-0.4, -0.2) is 38.8 Å². The maximum Gasteiger partial charge on any atom is 0.157 e. The Morgan fingerprint density at radius 2 is 1.92 bits per heavy atom. The molecule has 4 rings (SSSR count). The van der Waals surface area contributed by atoms with Gasteiger partial charge >= 0.3 is 0 Å². The summed E-state index contributed by atoms with van der Waals surface area (Å²) in [4.78, 5) is 7.04. The van der Waals surface area contributed by atoms with Gasteiger partial charge in [0.1, 0.15) is 0 Å². The van der Waals surface area contributed by atoms with E-state index in [1.807, 2.05) is 29.2 Å². The van der Waals surface area contributed by atoms with Crippen LogP contribution in [0.15, 0.2) is 67.1 Å². The molecule has 1 N–H and O–H groups in total. The summed E-state index contributed by atoms with van der Waals surface area (Å²) >= 11 is 0. The number of pyridine rings is 1. The second kappa shape index (κ2) is 7.81. The Kier molecular flexibility index (Phi) is 5.09. The molecule has 2 unspecified atom stereocenters. The Labute approximate surface area is 154 Å². The first kappa shape index (κ1) is 16.9. The highest BCUT2D eigenvalue weighted by Gasteiger charge is 2.29. The van der Waals surface area contributed by atoms with Crippen LogP contribution in [0.2, 0.25) is 0 Å². The van der Waals surface area contributed by atoms with E-state index in [0.29, 0.717) is 12.0 Å². The minimum Gasteiger partial charge on any atom is -0.308 e. The van der Waals surface area contributed by atoms with Crippen molar-refractivity contribution in [2.75, 3.05) is 13.1 Å². The van der Waals surface area contributed by atoms with E-state index in [9.17, 15) is 0 Å². The molecule has 5 heteroatoms. The third-order valence-electron chi connectivity index (χ3n) is 5.08. The average Bonchev–Trinajstić information content (AvgIpc) is 3.31. The summed E-state index contributed by atoms with van der Waals surface area (Å²) in [5, 5.41) is 8.06. The third-order valence-corrected chi connectivity index (χ3v) is 5.08.